The highest BCUT2D eigenvalue weighted by atomic mass is 16.5. The number of hydrogen-bond acceptors (Lipinski definition) is 5. The third-order valence-corrected chi connectivity index (χ3v) is 5.02. The van der Waals surface area contributed by atoms with E-state index in [0.29, 0.717) is 11.5 Å². The van der Waals surface area contributed by atoms with Gasteiger partial charge >= 0.3 is 0 Å². The number of phenols is 2. The van der Waals surface area contributed by atoms with Gasteiger partial charge < -0.3 is 24.4 Å². The number of aromatic hydroxyl groups is 2. The Bertz CT molecular complexity index is 695. The molecule has 2 aromatic rings. The highest BCUT2D eigenvalue weighted by molar-refractivity contribution is 5.42. The SMILES string of the molecule is CCCC(Cc1ccc(OC)c(O)c1)OC(CCC)Cc1ccc(OC)c(O)c1. The van der Waals surface area contributed by atoms with E-state index in [1.54, 1.807) is 38.5 Å². The maximum Gasteiger partial charge on any atom is 0.160 e. The molecule has 0 saturated carbocycles. The standard InChI is InChI=1S/C24H34O5/c1-5-7-19(13-17-9-11-23(27-3)21(25)15-17)29-20(8-6-2)14-18-10-12-24(28-4)22(26)16-18/h9-12,15-16,19-20,25-26H,5-8,13-14H2,1-4H3. The first kappa shape index (κ1) is 22.9. The van der Waals surface area contributed by atoms with Gasteiger partial charge in [-0.25, -0.2) is 0 Å². The second kappa shape index (κ2) is 11.6. The number of hydrogen-bond donors (Lipinski definition) is 2. The van der Waals surface area contributed by atoms with E-state index in [4.69, 9.17) is 14.2 Å². The molecule has 0 aromatic heterocycles. The Labute approximate surface area is 174 Å². The Morgan fingerprint density at radius 1 is 0.724 bits per heavy atom. The van der Waals surface area contributed by atoms with Crippen LogP contribution in [0.2, 0.25) is 0 Å². The minimum Gasteiger partial charge on any atom is -0.504 e. The second-order valence-electron chi connectivity index (χ2n) is 7.38. The highest BCUT2D eigenvalue weighted by Gasteiger charge is 2.18. The van der Waals surface area contributed by atoms with E-state index in [0.717, 1.165) is 49.7 Å². The maximum absolute atomic E-state index is 10.1. The molecule has 5 nitrogen and oxygen atoms in total. The first-order valence-corrected chi connectivity index (χ1v) is 10.4. The predicted molar refractivity (Wildman–Crippen MR) is 115 cm³/mol. The van der Waals surface area contributed by atoms with E-state index >= 15 is 0 Å². The molecule has 2 N–H and O–H groups in total. The molecular formula is C24H34O5. The number of benzene rings is 2. The van der Waals surface area contributed by atoms with Gasteiger partial charge in [0.15, 0.2) is 23.0 Å². The van der Waals surface area contributed by atoms with E-state index in [-0.39, 0.29) is 23.7 Å². The Morgan fingerprint density at radius 3 is 1.45 bits per heavy atom. The fraction of sp³-hybridized carbons (Fsp3) is 0.500. The van der Waals surface area contributed by atoms with Crippen molar-refractivity contribution in [2.24, 2.45) is 0 Å². The molecule has 2 unspecified atom stereocenters. The molecular weight excluding hydrogens is 368 g/mol. The number of phenolic OH excluding ortho intramolecular Hbond substituents is 2. The molecule has 2 aromatic carbocycles. The summed E-state index contributed by atoms with van der Waals surface area (Å²) in [6.07, 6.45) is 5.54. The minimum absolute atomic E-state index is 0.0659. The largest absolute Gasteiger partial charge is 0.504 e. The Morgan fingerprint density at radius 2 is 1.14 bits per heavy atom. The van der Waals surface area contributed by atoms with Crippen LogP contribution in [0.5, 0.6) is 23.0 Å². The molecule has 0 aliphatic carbocycles. The van der Waals surface area contributed by atoms with Gasteiger partial charge in [0.25, 0.3) is 0 Å². The molecule has 0 radical (unpaired) electrons. The zero-order chi connectivity index (χ0) is 21.2. The van der Waals surface area contributed by atoms with Crippen LogP contribution in [-0.2, 0) is 17.6 Å². The van der Waals surface area contributed by atoms with Gasteiger partial charge in [-0.15, -0.1) is 0 Å². The highest BCUT2D eigenvalue weighted by Crippen LogP contribution is 2.29. The van der Waals surface area contributed by atoms with E-state index in [9.17, 15) is 10.2 Å². The average molecular weight is 403 g/mol. The number of ether oxygens (including phenoxy) is 3. The molecule has 0 aliphatic heterocycles. The zero-order valence-electron chi connectivity index (χ0n) is 18.0. The van der Waals surface area contributed by atoms with Crippen LogP contribution in [0.1, 0.15) is 50.7 Å². The van der Waals surface area contributed by atoms with Crippen LogP contribution >= 0.6 is 0 Å². The molecule has 0 saturated heterocycles. The first-order valence-electron chi connectivity index (χ1n) is 10.4. The van der Waals surface area contributed by atoms with E-state index < -0.39 is 0 Å². The molecule has 0 aliphatic rings. The summed E-state index contributed by atoms with van der Waals surface area (Å²) in [6, 6.07) is 11.0. The third kappa shape index (κ3) is 6.86. The molecule has 29 heavy (non-hydrogen) atoms. The van der Waals surface area contributed by atoms with Crippen LogP contribution in [0.4, 0.5) is 0 Å². The lowest BCUT2D eigenvalue weighted by Crippen LogP contribution is -2.26. The van der Waals surface area contributed by atoms with Gasteiger partial charge in [-0.1, -0.05) is 38.8 Å². The predicted octanol–water partition coefficient (Wildman–Crippen LogP) is 5.25. The summed E-state index contributed by atoms with van der Waals surface area (Å²) in [5.41, 5.74) is 2.05. The lowest BCUT2D eigenvalue weighted by molar-refractivity contribution is -0.0200. The molecule has 0 spiro atoms. The number of rotatable bonds is 12. The lowest BCUT2D eigenvalue weighted by atomic mass is 10.0. The van der Waals surface area contributed by atoms with E-state index in [1.165, 1.54) is 0 Å². The van der Waals surface area contributed by atoms with Gasteiger partial charge in [0.2, 0.25) is 0 Å². The van der Waals surface area contributed by atoms with Crippen LogP contribution in [0, 0.1) is 0 Å². The molecule has 160 valence electrons. The second-order valence-corrected chi connectivity index (χ2v) is 7.38. The molecule has 5 heteroatoms. The maximum atomic E-state index is 10.1. The molecule has 0 heterocycles. The van der Waals surface area contributed by atoms with Gasteiger partial charge in [0.05, 0.1) is 26.4 Å². The van der Waals surface area contributed by atoms with Gasteiger partial charge in [-0.2, -0.15) is 0 Å². The van der Waals surface area contributed by atoms with Crippen molar-refractivity contribution in [3.05, 3.63) is 47.5 Å². The number of methoxy groups -OCH3 is 2. The summed E-state index contributed by atoms with van der Waals surface area (Å²) in [7, 11) is 3.09. The Balaban J connectivity index is 2.09. The zero-order valence-corrected chi connectivity index (χ0v) is 18.0. The van der Waals surface area contributed by atoms with Gasteiger partial charge in [-0.05, 0) is 61.1 Å². The van der Waals surface area contributed by atoms with Crippen LogP contribution in [0.3, 0.4) is 0 Å². The van der Waals surface area contributed by atoms with Crippen molar-refractivity contribution in [2.45, 2.75) is 64.6 Å². The summed E-state index contributed by atoms with van der Waals surface area (Å²) < 4.78 is 16.8. The van der Waals surface area contributed by atoms with Gasteiger partial charge in [0, 0.05) is 0 Å². The van der Waals surface area contributed by atoms with E-state index in [2.05, 4.69) is 13.8 Å². The summed E-state index contributed by atoms with van der Waals surface area (Å²) in [5.74, 6) is 1.26. The van der Waals surface area contributed by atoms with Gasteiger partial charge in [-0.3, -0.25) is 0 Å². The van der Waals surface area contributed by atoms with Gasteiger partial charge in [0.1, 0.15) is 0 Å². The molecule has 0 fully saturated rings. The fourth-order valence-corrected chi connectivity index (χ4v) is 3.60. The van der Waals surface area contributed by atoms with Crippen LogP contribution < -0.4 is 9.47 Å². The van der Waals surface area contributed by atoms with Crippen molar-refractivity contribution in [1.29, 1.82) is 0 Å². The van der Waals surface area contributed by atoms with Crippen molar-refractivity contribution >= 4 is 0 Å². The molecule has 2 atom stereocenters. The summed E-state index contributed by atoms with van der Waals surface area (Å²) in [5, 5.41) is 20.1. The Hall–Kier alpha value is -2.40. The summed E-state index contributed by atoms with van der Waals surface area (Å²) in [4.78, 5) is 0. The van der Waals surface area contributed by atoms with Crippen molar-refractivity contribution in [3.8, 4) is 23.0 Å². The first-order chi connectivity index (χ1) is 14.0. The summed E-state index contributed by atoms with van der Waals surface area (Å²) >= 11 is 0. The smallest absolute Gasteiger partial charge is 0.160 e. The summed E-state index contributed by atoms with van der Waals surface area (Å²) in [6.45, 7) is 4.30. The topological polar surface area (TPSA) is 68.2 Å². The third-order valence-electron chi connectivity index (χ3n) is 5.02. The average Bonchev–Trinajstić information content (AvgIpc) is 2.68. The van der Waals surface area contributed by atoms with Crippen molar-refractivity contribution < 1.29 is 24.4 Å². The van der Waals surface area contributed by atoms with E-state index in [1.807, 2.05) is 12.1 Å². The molecule has 2 rings (SSSR count). The van der Waals surface area contributed by atoms with Crippen LogP contribution in [0.25, 0.3) is 0 Å². The van der Waals surface area contributed by atoms with Crippen molar-refractivity contribution in [2.75, 3.05) is 14.2 Å². The fourth-order valence-electron chi connectivity index (χ4n) is 3.60. The lowest BCUT2D eigenvalue weighted by Gasteiger charge is -2.25. The van der Waals surface area contributed by atoms with Crippen LogP contribution in [-0.4, -0.2) is 36.6 Å². The van der Waals surface area contributed by atoms with Crippen molar-refractivity contribution in [1.82, 2.24) is 0 Å². The quantitative estimate of drug-likeness (QED) is 0.507. The molecule has 0 bridgehead atoms. The molecule has 0 amide bonds. The van der Waals surface area contributed by atoms with Crippen LogP contribution in [0.15, 0.2) is 36.4 Å². The Kier molecular flexibility index (Phi) is 9.13. The van der Waals surface area contributed by atoms with Crippen molar-refractivity contribution in [3.63, 3.8) is 0 Å². The normalized spacial score (nSPS) is 13.1. The minimum atomic E-state index is 0.0659. The monoisotopic (exact) mass is 402 g/mol.